The number of hydrogen-bond acceptors (Lipinski definition) is 3. The van der Waals surface area contributed by atoms with Crippen LogP contribution in [0.25, 0.3) is 0 Å². The molecule has 1 aliphatic rings. The first-order chi connectivity index (χ1) is 12.8. The molecule has 0 spiro atoms. The van der Waals surface area contributed by atoms with Gasteiger partial charge in [-0.3, -0.25) is 4.79 Å². The van der Waals surface area contributed by atoms with Crippen molar-refractivity contribution in [1.82, 2.24) is 9.62 Å². The molecule has 1 N–H and O–H groups in total. The van der Waals surface area contributed by atoms with Crippen molar-refractivity contribution in [3.8, 4) is 0 Å². The third kappa shape index (κ3) is 4.87. The molecular formula is C18H17BrClFN2O3S. The van der Waals surface area contributed by atoms with Crippen molar-refractivity contribution in [1.29, 1.82) is 0 Å². The summed E-state index contributed by atoms with van der Waals surface area (Å²) in [6.45, 7) is 0.837. The first kappa shape index (κ1) is 20.3. The average Bonchev–Trinajstić information content (AvgIpc) is 2.62. The largest absolute Gasteiger partial charge is 0.338 e. The van der Waals surface area contributed by atoms with E-state index in [9.17, 15) is 17.6 Å². The van der Waals surface area contributed by atoms with Crippen molar-refractivity contribution in [3.05, 3.63) is 63.3 Å². The molecule has 5 nitrogen and oxygen atoms in total. The van der Waals surface area contributed by atoms with E-state index in [-0.39, 0.29) is 16.8 Å². The van der Waals surface area contributed by atoms with Crippen LogP contribution in [-0.4, -0.2) is 38.4 Å². The van der Waals surface area contributed by atoms with Crippen LogP contribution in [0.1, 0.15) is 23.2 Å². The monoisotopic (exact) mass is 474 g/mol. The summed E-state index contributed by atoms with van der Waals surface area (Å²) in [7, 11) is -3.72. The van der Waals surface area contributed by atoms with Crippen molar-refractivity contribution in [2.45, 2.75) is 23.8 Å². The van der Waals surface area contributed by atoms with Gasteiger partial charge in [0.1, 0.15) is 5.82 Å². The van der Waals surface area contributed by atoms with Gasteiger partial charge in [-0.2, -0.15) is 0 Å². The van der Waals surface area contributed by atoms with Crippen molar-refractivity contribution in [2.75, 3.05) is 13.1 Å². The highest BCUT2D eigenvalue weighted by molar-refractivity contribution is 9.10. The van der Waals surface area contributed by atoms with Gasteiger partial charge in [-0.15, -0.1) is 0 Å². The number of benzene rings is 2. The molecule has 2 aromatic rings. The molecule has 0 aliphatic carbocycles. The standard InChI is InChI=1S/C18H17BrClFN2O3S/c19-12-1-6-16(17(20)11-12)18(24)23-9-7-14(8-10-23)22-27(25,26)15-4-2-13(21)3-5-15/h1-6,11,14,22H,7-10H2. The molecule has 1 amide bonds. The van der Waals surface area contributed by atoms with E-state index >= 15 is 0 Å². The summed E-state index contributed by atoms with van der Waals surface area (Å²) in [5.74, 6) is -0.667. The highest BCUT2D eigenvalue weighted by Crippen LogP contribution is 2.24. The number of nitrogens with zero attached hydrogens (tertiary/aromatic N) is 1. The SMILES string of the molecule is O=C(c1ccc(Br)cc1Cl)N1CCC(NS(=O)(=O)c2ccc(F)cc2)CC1. The highest BCUT2D eigenvalue weighted by Gasteiger charge is 2.28. The van der Waals surface area contributed by atoms with Gasteiger partial charge < -0.3 is 4.90 Å². The molecule has 0 radical (unpaired) electrons. The van der Waals surface area contributed by atoms with Crippen molar-refractivity contribution >= 4 is 43.5 Å². The lowest BCUT2D eigenvalue weighted by Gasteiger charge is -2.32. The number of carbonyl (C=O) groups excluding carboxylic acids is 1. The summed E-state index contributed by atoms with van der Waals surface area (Å²) in [6.07, 6.45) is 0.973. The fourth-order valence-electron chi connectivity index (χ4n) is 2.93. The smallest absolute Gasteiger partial charge is 0.255 e. The zero-order valence-electron chi connectivity index (χ0n) is 14.2. The summed E-state index contributed by atoms with van der Waals surface area (Å²) in [5, 5.41) is 0.369. The third-order valence-electron chi connectivity index (χ3n) is 4.39. The van der Waals surface area contributed by atoms with E-state index in [1.165, 1.54) is 12.1 Å². The number of carbonyl (C=O) groups is 1. The number of amides is 1. The van der Waals surface area contributed by atoms with Crippen LogP contribution in [0.4, 0.5) is 4.39 Å². The first-order valence-electron chi connectivity index (χ1n) is 8.28. The molecule has 0 bridgehead atoms. The molecule has 1 saturated heterocycles. The Kier molecular flexibility index (Phi) is 6.20. The van der Waals surface area contributed by atoms with E-state index in [1.54, 1.807) is 23.1 Å². The Labute approximate surface area is 170 Å². The van der Waals surface area contributed by atoms with Crippen LogP contribution in [0.2, 0.25) is 5.02 Å². The van der Waals surface area contributed by atoms with E-state index in [1.807, 2.05) is 0 Å². The van der Waals surface area contributed by atoms with Crippen LogP contribution in [-0.2, 0) is 10.0 Å². The van der Waals surface area contributed by atoms with E-state index in [0.29, 0.717) is 36.5 Å². The second kappa shape index (κ2) is 8.26. The topological polar surface area (TPSA) is 66.5 Å². The summed E-state index contributed by atoms with van der Waals surface area (Å²) in [5.41, 5.74) is 0.421. The zero-order chi connectivity index (χ0) is 19.6. The molecule has 1 heterocycles. The van der Waals surface area contributed by atoms with Gasteiger partial charge in [-0.25, -0.2) is 17.5 Å². The molecule has 27 heavy (non-hydrogen) atoms. The van der Waals surface area contributed by atoms with Gasteiger partial charge in [0.05, 0.1) is 15.5 Å². The first-order valence-corrected chi connectivity index (χ1v) is 10.9. The second-order valence-electron chi connectivity index (χ2n) is 6.27. The Morgan fingerprint density at radius 1 is 1.15 bits per heavy atom. The van der Waals surface area contributed by atoms with Crippen LogP contribution in [0.3, 0.4) is 0 Å². The van der Waals surface area contributed by atoms with Gasteiger partial charge >= 0.3 is 0 Å². The second-order valence-corrected chi connectivity index (χ2v) is 9.30. The number of hydrogen-bond donors (Lipinski definition) is 1. The highest BCUT2D eigenvalue weighted by atomic mass is 79.9. The van der Waals surface area contributed by atoms with Gasteiger partial charge in [0.25, 0.3) is 5.91 Å². The Hall–Kier alpha value is -1.48. The fourth-order valence-corrected chi connectivity index (χ4v) is 4.99. The number of likely N-dealkylation sites (tertiary alicyclic amines) is 1. The minimum atomic E-state index is -3.72. The average molecular weight is 476 g/mol. The van der Waals surface area contributed by atoms with Gasteiger partial charge in [-0.1, -0.05) is 27.5 Å². The van der Waals surface area contributed by atoms with Gasteiger partial charge in [0.2, 0.25) is 10.0 Å². The molecule has 144 valence electrons. The predicted molar refractivity (Wildman–Crippen MR) is 105 cm³/mol. The number of sulfonamides is 1. The molecule has 2 aromatic carbocycles. The molecule has 0 saturated carbocycles. The molecule has 1 fully saturated rings. The van der Waals surface area contributed by atoms with Crippen molar-refractivity contribution in [3.63, 3.8) is 0 Å². The molecule has 0 aromatic heterocycles. The van der Waals surface area contributed by atoms with Crippen LogP contribution in [0.15, 0.2) is 51.8 Å². The molecule has 1 aliphatic heterocycles. The summed E-state index contributed by atoms with van der Waals surface area (Å²) in [6, 6.07) is 9.47. The lowest BCUT2D eigenvalue weighted by Crippen LogP contribution is -2.46. The maximum atomic E-state index is 13.0. The van der Waals surface area contributed by atoms with Crippen molar-refractivity contribution in [2.24, 2.45) is 0 Å². The predicted octanol–water partition coefficient (Wildman–Crippen LogP) is 3.82. The van der Waals surface area contributed by atoms with Gasteiger partial charge in [0.15, 0.2) is 0 Å². The maximum Gasteiger partial charge on any atom is 0.255 e. The van der Waals surface area contributed by atoms with E-state index < -0.39 is 15.8 Å². The van der Waals surface area contributed by atoms with Crippen LogP contribution < -0.4 is 4.72 Å². The zero-order valence-corrected chi connectivity index (χ0v) is 17.3. The number of rotatable bonds is 4. The number of piperidine rings is 1. The van der Waals surface area contributed by atoms with Gasteiger partial charge in [0, 0.05) is 23.6 Å². The van der Waals surface area contributed by atoms with E-state index in [0.717, 1.165) is 16.6 Å². The molecule has 0 unspecified atom stereocenters. The van der Waals surface area contributed by atoms with Crippen LogP contribution in [0, 0.1) is 5.82 Å². The fraction of sp³-hybridized carbons (Fsp3) is 0.278. The Morgan fingerprint density at radius 3 is 2.37 bits per heavy atom. The summed E-state index contributed by atoms with van der Waals surface area (Å²) < 4.78 is 41.2. The normalized spacial score (nSPS) is 15.7. The minimum Gasteiger partial charge on any atom is -0.338 e. The number of halogens is 3. The Bertz CT molecular complexity index is 946. The lowest BCUT2D eigenvalue weighted by molar-refractivity contribution is 0.0711. The quantitative estimate of drug-likeness (QED) is 0.731. The minimum absolute atomic E-state index is 0.0176. The molecule has 9 heteroatoms. The maximum absolute atomic E-state index is 13.0. The lowest BCUT2D eigenvalue weighted by atomic mass is 10.0. The van der Waals surface area contributed by atoms with Gasteiger partial charge in [-0.05, 0) is 55.3 Å². The molecule has 3 rings (SSSR count). The summed E-state index contributed by atoms with van der Waals surface area (Å²) in [4.78, 5) is 14.3. The molecular weight excluding hydrogens is 459 g/mol. The molecule has 0 atom stereocenters. The third-order valence-corrected chi connectivity index (χ3v) is 6.73. The van der Waals surface area contributed by atoms with Crippen LogP contribution in [0.5, 0.6) is 0 Å². The number of nitrogens with one attached hydrogen (secondary N) is 1. The van der Waals surface area contributed by atoms with E-state index in [4.69, 9.17) is 11.6 Å². The Morgan fingerprint density at radius 2 is 1.78 bits per heavy atom. The Balaban J connectivity index is 1.61. The van der Waals surface area contributed by atoms with E-state index in [2.05, 4.69) is 20.7 Å². The summed E-state index contributed by atoms with van der Waals surface area (Å²) >= 11 is 9.45. The van der Waals surface area contributed by atoms with Crippen molar-refractivity contribution < 1.29 is 17.6 Å². The van der Waals surface area contributed by atoms with Crippen LogP contribution >= 0.6 is 27.5 Å².